The van der Waals surface area contributed by atoms with Gasteiger partial charge in [0.05, 0.1) is 18.7 Å². The molecule has 1 atom stereocenters. The number of amidine groups is 1. The van der Waals surface area contributed by atoms with Crippen LogP contribution in [0, 0.1) is 5.41 Å². The molecule has 4 nitrogen and oxygen atoms in total. The number of anilines is 1. The van der Waals surface area contributed by atoms with Gasteiger partial charge in [0, 0.05) is 16.8 Å². The molecule has 0 spiro atoms. The molecule has 1 aliphatic rings. The summed E-state index contributed by atoms with van der Waals surface area (Å²) in [5.41, 5.74) is 2.10. The van der Waals surface area contributed by atoms with E-state index in [0.717, 1.165) is 11.3 Å². The van der Waals surface area contributed by atoms with E-state index in [1.807, 2.05) is 43.3 Å². The fraction of sp³-hybridized carbons (Fsp3) is 0.167. The summed E-state index contributed by atoms with van der Waals surface area (Å²) in [6.45, 7) is 1.87. The predicted octanol–water partition coefficient (Wildman–Crippen LogP) is 4.50. The standard InChI is InChI=1S/C18H17ClN2O2/c1-11-17(22)16(12-6-8-13(19)9-7-12)18(20)21(11)14-4-3-5-15(10-14)23-2/h3-11,20,22H,1-2H3/t11-/m0/s1. The Morgan fingerprint density at radius 1 is 1.17 bits per heavy atom. The van der Waals surface area contributed by atoms with E-state index in [9.17, 15) is 5.11 Å². The van der Waals surface area contributed by atoms with Crippen molar-refractivity contribution in [3.8, 4) is 5.75 Å². The number of hydrogen-bond acceptors (Lipinski definition) is 3. The van der Waals surface area contributed by atoms with Crippen molar-refractivity contribution in [2.75, 3.05) is 12.0 Å². The fourth-order valence-corrected chi connectivity index (χ4v) is 2.91. The minimum Gasteiger partial charge on any atom is -0.509 e. The van der Waals surface area contributed by atoms with Gasteiger partial charge in [-0.3, -0.25) is 5.41 Å². The SMILES string of the molecule is COc1cccc(N2C(=N)C(c3ccc(Cl)cc3)=C(O)[C@@H]2C)c1. The van der Waals surface area contributed by atoms with Gasteiger partial charge in [-0.1, -0.05) is 29.8 Å². The smallest absolute Gasteiger partial charge is 0.137 e. The zero-order chi connectivity index (χ0) is 16.6. The van der Waals surface area contributed by atoms with Gasteiger partial charge in [0.25, 0.3) is 0 Å². The maximum Gasteiger partial charge on any atom is 0.137 e. The molecule has 0 unspecified atom stereocenters. The van der Waals surface area contributed by atoms with Crippen LogP contribution in [-0.4, -0.2) is 24.1 Å². The summed E-state index contributed by atoms with van der Waals surface area (Å²) in [7, 11) is 1.60. The molecule has 23 heavy (non-hydrogen) atoms. The van der Waals surface area contributed by atoms with E-state index in [2.05, 4.69) is 0 Å². The number of methoxy groups -OCH3 is 1. The molecule has 0 radical (unpaired) electrons. The van der Waals surface area contributed by atoms with Crippen molar-refractivity contribution in [1.29, 1.82) is 5.41 Å². The first-order chi connectivity index (χ1) is 11.0. The average molecular weight is 329 g/mol. The molecule has 0 aromatic heterocycles. The van der Waals surface area contributed by atoms with Crippen LogP contribution in [0.5, 0.6) is 5.75 Å². The maximum atomic E-state index is 10.5. The Morgan fingerprint density at radius 2 is 1.87 bits per heavy atom. The predicted molar refractivity (Wildman–Crippen MR) is 93.7 cm³/mol. The summed E-state index contributed by atoms with van der Waals surface area (Å²) in [4.78, 5) is 1.78. The molecule has 5 heteroatoms. The van der Waals surface area contributed by atoms with Crippen molar-refractivity contribution in [2.24, 2.45) is 0 Å². The van der Waals surface area contributed by atoms with Gasteiger partial charge in [0.15, 0.2) is 0 Å². The average Bonchev–Trinajstić information content (AvgIpc) is 2.78. The van der Waals surface area contributed by atoms with Crippen molar-refractivity contribution >= 4 is 28.7 Å². The molecular formula is C18H17ClN2O2. The van der Waals surface area contributed by atoms with Crippen LogP contribution in [0.15, 0.2) is 54.3 Å². The van der Waals surface area contributed by atoms with E-state index in [1.165, 1.54) is 0 Å². The lowest BCUT2D eigenvalue weighted by atomic mass is 10.0. The van der Waals surface area contributed by atoms with Gasteiger partial charge in [-0.2, -0.15) is 0 Å². The van der Waals surface area contributed by atoms with E-state index in [0.29, 0.717) is 16.3 Å². The molecule has 0 aliphatic carbocycles. The van der Waals surface area contributed by atoms with Crippen molar-refractivity contribution in [3.63, 3.8) is 0 Å². The second-order valence-corrected chi connectivity index (χ2v) is 5.80. The quantitative estimate of drug-likeness (QED) is 0.872. The van der Waals surface area contributed by atoms with E-state index in [4.69, 9.17) is 21.7 Å². The monoisotopic (exact) mass is 328 g/mol. The minimum atomic E-state index is -0.319. The topological polar surface area (TPSA) is 56.5 Å². The molecule has 2 aromatic carbocycles. The molecule has 0 saturated heterocycles. The third kappa shape index (κ3) is 2.66. The van der Waals surface area contributed by atoms with Crippen LogP contribution in [0.25, 0.3) is 5.57 Å². The number of halogens is 1. The van der Waals surface area contributed by atoms with Crippen molar-refractivity contribution < 1.29 is 9.84 Å². The third-order valence-corrected chi connectivity index (χ3v) is 4.23. The molecule has 3 rings (SSSR count). The fourth-order valence-electron chi connectivity index (χ4n) is 2.78. The Hall–Kier alpha value is -2.46. The molecule has 2 aromatic rings. The first-order valence-corrected chi connectivity index (χ1v) is 7.62. The Bertz CT molecular complexity index is 784. The maximum absolute atomic E-state index is 10.5. The number of rotatable bonds is 3. The number of aliphatic hydroxyl groups excluding tert-OH is 1. The highest BCUT2D eigenvalue weighted by molar-refractivity contribution is 6.32. The number of hydrogen-bond donors (Lipinski definition) is 2. The molecule has 0 amide bonds. The Morgan fingerprint density at radius 3 is 2.52 bits per heavy atom. The first kappa shape index (κ1) is 15.4. The summed E-state index contributed by atoms with van der Waals surface area (Å²) in [6.07, 6.45) is 0. The van der Waals surface area contributed by atoms with E-state index < -0.39 is 0 Å². The number of nitrogens with zero attached hydrogens (tertiary/aromatic N) is 1. The van der Waals surface area contributed by atoms with Gasteiger partial charge in [0.1, 0.15) is 17.3 Å². The number of benzene rings is 2. The van der Waals surface area contributed by atoms with E-state index in [-0.39, 0.29) is 17.6 Å². The van der Waals surface area contributed by atoms with Crippen LogP contribution in [0.2, 0.25) is 5.02 Å². The van der Waals surface area contributed by atoms with Crippen molar-refractivity contribution in [3.05, 3.63) is 64.9 Å². The summed E-state index contributed by atoms with van der Waals surface area (Å²) < 4.78 is 5.25. The highest BCUT2D eigenvalue weighted by atomic mass is 35.5. The molecule has 2 N–H and O–H groups in total. The zero-order valence-electron chi connectivity index (χ0n) is 12.9. The van der Waals surface area contributed by atoms with Crippen molar-refractivity contribution in [2.45, 2.75) is 13.0 Å². The highest BCUT2D eigenvalue weighted by Gasteiger charge is 2.35. The van der Waals surface area contributed by atoms with E-state index in [1.54, 1.807) is 24.1 Å². The Kier molecular flexibility index (Phi) is 4.01. The molecule has 1 aliphatic heterocycles. The van der Waals surface area contributed by atoms with Crippen LogP contribution < -0.4 is 9.64 Å². The zero-order valence-corrected chi connectivity index (χ0v) is 13.6. The summed E-state index contributed by atoms with van der Waals surface area (Å²) in [5, 5.41) is 19.7. The first-order valence-electron chi connectivity index (χ1n) is 7.24. The minimum absolute atomic E-state index is 0.181. The second kappa shape index (κ2) is 5.97. The van der Waals surface area contributed by atoms with Gasteiger partial charge in [-0.25, -0.2) is 0 Å². The lowest BCUT2D eigenvalue weighted by molar-refractivity contribution is 0.384. The van der Waals surface area contributed by atoms with Crippen LogP contribution in [-0.2, 0) is 0 Å². The van der Waals surface area contributed by atoms with E-state index >= 15 is 0 Å². The van der Waals surface area contributed by atoms with Crippen LogP contribution in [0.3, 0.4) is 0 Å². The largest absolute Gasteiger partial charge is 0.509 e. The molecule has 0 fully saturated rings. The van der Waals surface area contributed by atoms with Gasteiger partial charge in [-0.15, -0.1) is 0 Å². The van der Waals surface area contributed by atoms with Gasteiger partial charge in [-0.05, 0) is 36.8 Å². The molecule has 118 valence electrons. The molecule has 0 saturated carbocycles. The molecule has 0 bridgehead atoms. The highest BCUT2D eigenvalue weighted by Crippen LogP contribution is 2.36. The lowest BCUT2D eigenvalue weighted by Gasteiger charge is -2.24. The third-order valence-electron chi connectivity index (χ3n) is 3.98. The van der Waals surface area contributed by atoms with Crippen LogP contribution >= 0.6 is 11.6 Å². The summed E-state index contributed by atoms with van der Waals surface area (Å²) in [5.74, 6) is 1.15. The van der Waals surface area contributed by atoms with Crippen molar-refractivity contribution in [1.82, 2.24) is 0 Å². The number of ether oxygens (including phenoxy) is 1. The summed E-state index contributed by atoms with van der Waals surface area (Å²) >= 11 is 5.92. The Labute approximate surface area is 140 Å². The summed E-state index contributed by atoms with van der Waals surface area (Å²) in [6, 6.07) is 14.3. The van der Waals surface area contributed by atoms with Gasteiger partial charge in [0.2, 0.25) is 0 Å². The number of nitrogens with one attached hydrogen (secondary N) is 1. The second-order valence-electron chi connectivity index (χ2n) is 5.36. The van der Waals surface area contributed by atoms with Gasteiger partial charge >= 0.3 is 0 Å². The van der Waals surface area contributed by atoms with Crippen LogP contribution in [0.4, 0.5) is 5.69 Å². The normalized spacial score (nSPS) is 17.8. The lowest BCUT2D eigenvalue weighted by Crippen LogP contribution is -2.33. The van der Waals surface area contributed by atoms with Gasteiger partial charge < -0.3 is 14.7 Å². The Balaban J connectivity index is 2.01. The molecular weight excluding hydrogens is 312 g/mol. The molecule has 1 heterocycles. The van der Waals surface area contributed by atoms with Crippen LogP contribution in [0.1, 0.15) is 12.5 Å². The number of aliphatic hydroxyl groups is 1.